The van der Waals surface area contributed by atoms with Crippen molar-refractivity contribution in [2.75, 3.05) is 4.90 Å². The summed E-state index contributed by atoms with van der Waals surface area (Å²) < 4.78 is 5.98. The highest BCUT2D eigenvalue weighted by atomic mass is 79.9. The van der Waals surface area contributed by atoms with Crippen LogP contribution < -0.4 is 9.64 Å². The Kier molecular flexibility index (Phi) is 7.28. The number of nitro benzene ring substituents is 1. The number of hydrogen-bond acceptors (Lipinski definition) is 8. The molecule has 1 fully saturated rings. The minimum Gasteiger partial charge on any atom is -0.507 e. The largest absolute Gasteiger partial charge is 0.507 e. The summed E-state index contributed by atoms with van der Waals surface area (Å²) in [5, 5.41) is 22.7. The van der Waals surface area contributed by atoms with Crippen LogP contribution in [0.4, 0.5) is 11.4 Å². The number of fused-ring (bicyclic) bond motifs is 3. The van der Waals surface area contributed by atoms with Crippen LogP contribution in [0.15, 0.2) is 106 Å². The van der Waals surface area contributed by atoms with Gasteiger partial charge < -0.3 is 9.84 Å². The van der Waals surface area contributed by atoms with Gasteiger partial charge in [-0.1, -0.05) is 54.1 Å². The van der Waals surface area contributed by atoms with Crippen molar-refractivity contribution >= 4 is 50.7 Å². The maximum Gasteiger partial charge on any atom is 0.271 e. The third-order valence-electron chi connectivity index (χ3n) is 9.19. The van der Waals surface area contributed by atoms with Gasteiger partial charge in [0.05, 0.1) is 26.9 Å². The van der Waals surface area contributed by atoms with Crippen molar-refractivity contribution in [3.05, 3.63) is 127 Å². The van der Waals surface area contributed by atoms with E-state index in [4.69, 9.17) is 4.74 Å². The Bertz CT molecular complexity index is 1960. The average molecular weight is 681 g/mol. The number of anilines is 1. The van der Waals surface area contributed by atoms with Gasteiger partial charge in [-0.25, -0.2) is 4.90 Å². The van der Waals surface area contributed by atoms with Crippen LogP contribution in [-0.2, 0) is 25.8 Å². The number of nitro groups is 1. The topological polar surface area (TPSA) is 144 Å². The summed E-state index contributed by atoms with van der Waals surface area (Å²) in [6, 6.07) is 19.7. The fourth-order valence-corrected chi connectivity index (χ4v) is 7.61. The summed E-state index contributed by atoms with van der Waals surface area (Å²) in [6.45, 7) is 0.275. The zero-order valence-electron chi connectivity index (χ0n) is 24.1. The second-order valence-corrected chi connectivity index (χ2v) is 12.5. The van der Waals surface area contributed by atoms with Gasteiger partial charge >= 0.3 is 0 Å². The number of ether oxygens (including phenoxy) is 1. The molecule has 1 aliphatic heterocycles. The van der Waals surface area contributed by atoms with E-state index >= 15 is 0 Å². The van der Waals surface area contributed by atoms with Crippen LogP contribution in [0.25, 0.3) is 0 Å². The highest BCUT2D eigenvalue weighted by Gasteiger charge is 2.57. The number of non-ortho nitro benzene ring substituents is 1. The first kappa shape index (κ1) is 29.5. The molecular weight excluding hydrogens is 656 g/mol. The van der Waals surface area contributed by atoms with E-state index in [0.717, 1.165) is 10.5 Å². The van der Waals surface area contributed by atoms with E-state index in [0.29, 0.717) is 16.9 Å². The Morgan fingerprint density at radius 2 is 1.74 bits per heavy atom. The molecule has 4 aliphatic rings. The number of nitrogens with zero attached hydrogens (tertiary/aromatic N) is 2. The van der Waals surface area contributed by atoms with Gasteiger partial charge in [0.2, 0.25) is 11.8 Å². The van der Waals surface area contributed by atoms with E-state index < -0.39 is 46.2 Å². The number of hydrogen-bond donors (Lipinski definition) is 1. The molecule has 230 valence electrons. The number of ketones is 2. The first-order valence-electron chi connectivity index (χ1n) is 14.6. The van der Waals surface area contributed by atoms with Gasteiger partial charge in [-0.2, -0.15) is 0 Å². The molecule has 46 heavy (non-hydrogen) atoms. The Morgan fingerprint density at radius 1 is 0.957 bits per heavy atom. The van der Waals surface area contributed by atoms with Crippen LogP contribution >= 0.6 is 15.9 Å². The van der Waals surface area contributed by atoms with Crippen molar-refractivity contribution in [1.82, 2.24) is 0 Å². The summed E-state index contributed by atoms with van der Waals surface area (Å²) in [7, 11) is 0. The molecule has 0 bridgehead atoms. The van der Waals surface area contributed by atoms with E-state index in [-0.39, 0.29) is 58.0 Å². The van der Waals surface area contributed by atoms with Crippen LogP contribution in [0, 0.1) is 27.9 Å². The molecule has 10 nitrogen and oxygen atoms in total. The minimum atomic E-state index is -0.869. The second-order valence-electron chi connectivity index (χ2n) is 11.7. The smallest absolute Gasteiger partial charge is 0.271 e. The number of aromatic hydroxyl groups is 1. The monoisotopic (exact) mass is 680 g/mol. The number of allylic oxidation sites excluding steroid dienone is 6. The summed E-state index contributed by atoms with van der Waals surface area (Å²) in [5.74, 6) is -4.62. The average Bonchev–Trinajstić information content (AvgIpc) is 3.31. The minimum absolute atomic E-state index is 0.0488. The summed E-state index contributed by atoms with van der Waals surface area (Å²) >= 11 is 3.21. The predicted molar refractivity (Wildman–Crippen MR) is 169 cm³/mol. The number of imide groups is 1. The lowest BCUT2D eigenvalue weighted by Gasteiger charge is -2.42. The van der Waals surface area contributed by atoms with E-state index in [1.165, 1.54) is 36.4 Å². The number of benzene rings is 3. The Hall–Kier alpha value is -5.16. The van der Waals surface area contributed by atoms with Gasteiger partial charge in [-0.05, 0) is 52.4 Å². The summed E-state index contributed by atoms with van der Waals surface area (Å²) in [5.41, 5.74) is 2.28. The lowest BCUT2D eigenvalue weighted by molar-refractivity contribution is -0.384. The molecule has 1 saturated heterocycles. The molecule has 11 heteroatoms. The van der Waals surface area contributed by atoms with Crippen molar-refractivity contribution in [3.8, 4) is 11.5 Å². The van der Waals surface area contributed by atoms with Gasteiger partial charge in [0.1, 0.15) is 18.1 Å². The third kappa shape index (κ3) is 4.78. The molecule has 3 aromatic carbocycles. The molecule has 2 amide bonds. The summed E-state index contributed by atoms with van der Waals surface area (Å²) in [6.07, 6.45) is 3.30. The normalized spacial score (nSPS) is 23.8. The predicted octanol–water partition coefficient (Wildman–Crippen LogP) is 5.85. The standard InChI is InChI=1S/C35H25BrN2O8/c36-27-16-29(40)32-26(33(27)41)15-25-22(30(32)23-10-9-21(14-28(23)39)46-17-18-5-2-1-3-6-18)11-12-24-31(25)35(43)37(34(24)42)19-7-4-8-20(13-19)38(44)45/h1-11,13-14,16,24-25,30-31,39H,12,15,17H2. The molecule has 0 saturated carbocycles. The molecule has 1 heterocycles. The molecule has 0 radical (unpaired) electrons. The second kappa shape index (κ2) is 11.3. The van der Waals surface area contributed by atoms with Crippen LogP contribution in [0.1, 0.15) is 29.9 Å². The Morgan fingerprint density at radius 3 is 2.48 bits per heavy atom. The number of rotatable bonds is 6. The highest BCUT2D eigenvalue weighted by molar-refractivity contribution is 9.12. The number of amides is 2. The summed E-state index contributed by atoms with van der Waals surface area (Å²) in [4.78, 5) is 66.5. The van der Waals surface area contributed by atoms with Crippen molar-refractivity contribution < 1.29 is 33.9 Å². The zero-order valence-corrected chi connectivity index (χ0v) is 25.7. The molecule has 3 aliphatic carbocycles. The molecule has 3 aromatic rings. The Balaban J connectivity index is 1.28. The number of halogens is 1. The first-order valence-corrected chi connectivity index (χ1v) is 15.4. The highest BCUT2D eigenvalue weighted by Crippen LogP contribution is 2.56. The first-order chi connectivity index (χ1) is 22.1. The van der Waals surface area contributed by atoms with E-state index in [1.54, 1.807) is 12.1 Å². The van der Waals surface area contributed by atoms with Crippen LogP contribution in [-0.4, -0.2) is 33.4 Å². The van der Waals surface area contributed by atoms with Gasteiger partial charge in [0.25, 0.3) is 5.69 Å². The lowest BCUT2D eigenvalue weighted by Crippen LogP contribution is -2.39. The van der Waals surface area contributed by atoms with Crippen LogP contribution in [0.5, 0.6) is 11.5 Å². The fourth-order valence-electron chi connectivity index (χ4n) is 7.16. The number of carbonyl (C=O) groups excluding carboxylic acids is 4. The van der Waals surface area contributed by atoms with E-state index in [9.17, 15) is 34.4 Å². The van der Waals surface area contributed by atoms with Gasteiger partial charge in [-0.3, -0.25) is 29.3 Å². The van der Waals surface area contributed by atoms with Gasteiger partial charge in [0.15, 0.2) is 11.6 Å². The molecule has 7 rings (SSSR count). The van der Waals surface area contributed by atoms with Gasteiger partial charge in [0, 0.05) is 46.9 Å². The van der Waals surface area contributed by atoms with E-state index in [2.05, 4.69) is 15.9 Å². The number of phenols is 1. The molecular formula is C35H25BrN2O8. The quantitative estimate of drug-likeness (QED) is 0.112. The maximum absolute atomic E-state index is 14.1. The van der Waals surface area contributed by atoms with Crippen LogP contribution in [0.3, 0.4) is 0 Å². The zero-order chi connectivity index (χ0) is 32.3. The third-order valence-corrected chi connectivity index (χ3v) is 9.78. The Labute approximate surface area is 270 Å². The lowest BCUT2D eigenvalue weighted by atomic mass is 9.59. The molecule has 1 N–H and O–H groups in total. The van der Waals surface area contributed by atoms with Gasteiger partial charge in [-0.15, -0.1) is 0 Å². The number of phenolic OH excluding ortho intramolecular Hbond substituents is 1. The van der Waals surface area contributed by atoms with Crippen molar-refractivity contribution in [2.45, 2.75) is 25.4 Å². The number of Topliss-reactive ketones (excluding diaryl/α,β-unsaturated/α-hetero) is 1. The SMILES string of the molecule is O=C1C=C(Br)C(=O)C2=C1C(c1ccc(OCc3ccccc3)cc1O)C1=CCC3C(=O)N(c4cccc([N+](=O)[O-])c4)C(=O)C3C1C2. The molecule has 0 aromatic heterocycles. The molecule has 0 spiro atoms. The molecule has 4 atom stereocenters. The van der Waals surface area contributed by atoms with Crippen molar-refractivity contribution in [3.63, 3.8) is 0 Å². The van der Waals surface area contributed by atoms with Crippen molar-refractivity contribution in [1.29, 1.82) is 0 Å². The fraction of sp³-hybridized carbons (Fsp3) is 0.200. The molecule has 4 unspecified atom stereocenters. The number of carbonyl (C=O) groups is 4. The maximum atomic E-state index is 14.1. The van der Waals surface area contributed by atoms with E-state index in [1.807, 2.05) is 36.4 Å². The van der Waals surface area contributed by atoms with Crippen LogP contribution in [0.2, 0.25) is 0 Å². The van der Waals surface area contributed by atoms with Crippen molar-refractivity contribution in [2.24, 2.45) is 17.8 Å².